The van der Waals surface area contributed by atoms with Crippen molar-refractivity contribution in [3.05, 3.63) is 23.9 Å². The van der Waals surface area contributed by atoms with Gasteiger partial charge < -0.3 is 20.1 Å². The number of carbonyl (C=O) groups is 1. The molecule has 1 fully saturated rings. The number of pyridine rings is 1. The molecule has 2 heterocycles. The van der Waals surface area contributed by atoms with Gasteiger partial charge >= 0.3 is 6.03 Å². The zero-order chi connectivity index (χ0) is 16.3. The summed E-state index contributed by atoms with van der Waals surface area (Å²) in [6.45, 7) is 5.39. The average Bonchev–Trinajstić information content (AvgIpc) is 2.60. The number of rotatable bonds is 8. The number of carbonyl (C=O) groups excluding carboxylic acids is 1. The number of ether oxygens (including phenoxy) is 2. The second-order valence-corrected chi connectivity index (χ2v) is 5.82. The molecule has 23 heavy (non-hydrogen) atoms. The summed E-state index contributed by atoms with van der Waals surface area (Å²) in [5.74, 6) is 1.02. The van der Waals surface area contributed by atoms with Crippen LogP contribution in [0.1, 0.15) is 38.2 Å². The van der Waals surface area contributed by atoms with Crippen molar-refractivity contribution in [2.45, 2.75) is 39.2 Å². The highest BCUT2D eigenvalue weighted by atomic mass is 16.5. The van der Waals surface area contributed by atoms with E-state index in [1.807, 2.05) is 12.1 Å². The van der Waals surface area contributed by atoms with Crippen molar-refractivity contribution in [3.8, 4) is 5.88 Å². The molecule has 2 N–H and O–H groups in total. The quantitative estimate of drug-likeness (QED) is 0.722. The van der Waals surface area contributed by atoms with Crippen molar-refractivity contribution in [1.82, 2.24) is 15.6 Å². The number of nitrogens with one attached hydrogen (secondary N) is 2. The minimum absolute atomic E-state index is 0.168. The third-order valence-corrected chi connectivity index (χ3v) is 3.83. The van der Waals surface area contributed by atoms with Gasteiger partial charge in [0.25, 0.3) is 0 Å². The molecule has 2 rings (SSSR count). The summed E-state index contributed by atoms with van der Waals surface area (Å²) in [7, 11) is 0. The monoisotopic (exact) mass is 321 g/mol. The van der Waals surface area contributed by atoms with Gasteiger partial charge in [-0.15, -0.1) is 0 Å². The second kappa shape index (κ2) is 10.0. The van der Waals surface area contributed by atoms with Gasteiger partial charge in [-0.3, -0.25) is 0 Å². The van der Waals surface area contributed by atoms with Crippen molar-refractivity contribution in [2.24, 2.45) is 5.92 Å². The molecule has 6 nitrogen and oxygen atoms in total. The Hall–Kier alpha value is -1.82. The minimum atomic E-state index is -0.168. The Kier molecular flexibility index (Phi) is 7.66. The Balaban J connectivity index is 1.72. The van der Waals surface area contributed by atoms with Crippen LogP contribution < -0.4 is 15.4 Å². The first kappa shape index (κ1) is 17.5. The molecule has 2 amide bonds. The van der Waals surface area contributed by atoms with E-state index < -0.39 is 0 Å². The van der Waals surface area contributed by atoms with Crippen LogP contribution in [0, 0.1) is 5.92 Å². The van der Waals surface area contributed by atoms with Crippen LogP contribution in [0.3, 0.4) is 0 Å². The molecule has 1 atom stereocenters. The summed E-state index contributed by atoms with van der Waals surface area (Å²) in [6.07, 6.45) is 5.95. The summed E-state index contributed by atoms with van der Waals surface area (Å²) < 4.78 is 11.1. The molecular formula is C17H27N3O3. The molecule has 1 aliphatic rings. The van der Waals surface area contributed by atoms with Crippen LogP contribution in [0.2, 0.25) is 0 Å². The maximum absolute atomic E-state index is 11.9. The number of aromatic nitrogens is 1. The van der Waals surface area contributed by atoms with Gasteiger partial charge in [-0.25, -0.2) is 9.78 Å². The number of urea groups is 1. The summed E-state index contributed by atoms with van der Waals surface area (Å²) in [5, 5.41) is 5.76. The van der Waals surface area contributed by atoms with Crippen LogP contribution in [-0.2, 0) is 11.3 Å². The second-order valence-electron chi connectivity index (χ2n) is 5.82. The van der Waals surface area contributed by atoms with Crippen molar-refractivity contribution in [3.63, 3.8) is 0 Å². The maximum atomic E-state index is 11.9. The highest BCUT2D eigenvalue weighted by Gasteiger charge is 2.14. The van der Waals surface area contributed by atoms with Crippen molar-refractivity contribution in [2.75, 3.05) is 26.4 Å². The van der Waals surface area contributed by atoms with E-state index in [1.165, 1.54) is 0 Å². The van der Waals surface area contributed by atoms with Gasteiger partial charge in [0.05, 0.1) is 13.2 Å². The molecule has 0 spiro atoms. The van der Waals surface area contributed by atoms with E-state index in [1.54, 1.807) is 6.20 Å². The third-order valence-electron chi connectivity index (χ3n) is 3.83. The first-order chi connectivity index (χ1) is 11.3. The molecule has 0 saturated carbocycles. The first-order valence-corrected chi connectivity index (χ1v) is 8.45. The average molecular weight is 321 g/mol. The minimum Gasteiger partial charge on any atom is -0.477 e. The van der Waals surface area contributed by atoms with Crippen molar-refractivity contribution in [1.29, 1.82) is 0 Å². The van der Waals surface area contributed by atoms with Gasteiger partial charge in [0.2, 0.25) is 5.88 Å². The van der Waals surface area contributed by atoms with Crippen LogP contribution in [-0.4, -0.2) is 37.4 Å². The molecule has 0 radical (unpaired) electrons. The number of nitrogens with zero attached hydrogens (tertiary/aromatic N) is 1. The lowest BCUT2D eigenvalue weighted by Crippen LogP contribution is -2.39. The fraction of sp³-hybridized carbons (Fsp3) is 0.647. The van der Waals surface area contributed by atoms with E-state index in [-0.39, 0.29) is 6.03 Å². The fourth-order valence-electron chi connectivity index (χ4n) is 2.45. The molecule has 1 aromatic heterocycles. The molecule has 0 aliphatic carbocycles. The van der Waals surface area contributed by atoms with Crippen molar-refractivity contribution < 1.29 is 14.3 Å². The van der Waals surface area contributed by atoms with Crippen LogP contribution in [0.4, 0.5) is 4.79 Å². The lowest BCUT2D eigenvalue weighted by Gasteiger charge is -2.22. The Bertz CT molecular complexity index is 476. The van der Waals surface area contributed by atoms with Gasteiger partial charge in [-0.05, 0) is 31.2 Å². The summed E-state index contributed by atoms with van der Waals surface area (Å²) in [4.78, 5) is 16.1. The molecular weight excluding hydrogens is 294 g/mol. The molecule has 6 heteroatoms. The number of amides is 2. The Morgan fingerprint density at radius 1 is 1.48 bits per heavy atom. The summed E-state index contributed by atoms with van der Waals surface area (Å²) in [6, 6.07) is 3.60. The van der Waals surface area contributed by atoms with Gasteiger partial charge in [-0.2, -0.15) is 0 Å². The van der Waals surface area contributed by atoms with Crippen LogP contribution in [0.25, 0.3) is 0 Å². The predicted octanol–water partition coefficient (Wildman–Crippen LogP) is 2.49. The standard InChI is InChI=1S/C17H27N3O3/c1-2-3-10-23-16-15(7-4-8-18-16)12-20-17(21)19-11-14-6-5-9-22-13-14/h4,7-8,14H,2-3,5-6,9-13H2,1H3,(H2,19,20,21)/t14-/m1/s1. The van der Waals surface area contributed by atoms with E-state index in [2.05, 4.69) is 22.5 Å². The zero-order valence-corrected chi connectivity index (χ0v) is 13.8. The number of hydrogen-bond donors (Lipinski definition) is 2. The maximum Gasteiger partial charge on any atom is 0.315 e. The lowest BCUT2D eigenvalue weighted by molar-refractivity contribution is 0.0557. The van der Waals surface area contributed by atoms with Gasteiger partial charge in [0.15, 0.2) is 0 Å². The topological polar surface area (TPSA) is 72.5 Å². The van der Waals surface area contributed by atoms with E-state index >= 15 is 0 Å². The molecule has 1 aromatic rings. The molecule has 0 aromatic carbocycles. The van der Waals surface area contributed by atoms with Gasteiger partial charge in [0.1, 0.15) is 0 Å². The predicted molar refractivity (Wildman–Crippen MR) is 88.4 cm³/mol. The molecule has 128 valence electrons. The van der Waals surface area contributed by atoms with Crippen LogP contribution in [0.15, 0.2) is 18.3 Å². The highest BCUT2D eigenvalue weighted by Crippen LogP contribution is 2.14. The fourth-order valence-corrected chi connectivity index (χ4v) is 2.45. The van der Waals surface area contributed by atoms with E-state index in [0.717, 1.165) is 44.5 Å². The number of hydrogen-bond acceptors (Lipinski definition) is 4. The lowest BCUT2D eigenvalue weighted by atomic mass is 10.0. The molecule has 1 aliphatic heterocycles. The third kappa shape index (κ3) is 6.44. The smallest absolute Gasteiger partial charge is 0.315 e. The van der Waals surface area contributed by atoms with Gasteiger partial charge in [-0.1, -0.05) is 19.4 Å². The highest BCUT2D eigenvalue weighted by molar-refractivity contribution is 5.73. The Morgan fingerprint density at radius 2 is 2.39 bits per heavy atom. The van der Waals surface area contributed by atoms with Crippen molar-refractivity contribution >= 4 is 6.03 Å². The normalized spacial score (nSPS) is 17.5. The summed E-state index contributed by atoms with van der Waals surface area (Å²) in [5.41, 5.74) is 0.889. The Labute approximate surface area is 138 Å². The van der Waals surface area contributed by atoms with Crippen LogP contribution in [0.5, 0.6) is 5.88 Å². The Morgan fingerprint density at radius 3 is 3.17 bits per heavy atom. The largest absolute Gasteiger partial charge is 0.477 e. The molecule has 0 unspecified atom stereocenters. The first-order valence-electron chi connectivity index (χ1n) is 8.45. The zero-order valence-electron chi connectivity index (χ0n) is 13.8. The van der Waals surface area contributed by atoms with Gasteiger partial charge in [0, 0.05) is 31.5 Å². The SMILES string of the molecule is CCCCOc1ncccc1CNC(=O)NC[C@H]1CCCOC1. The molecule has 0 bridgehead atoms. The number of unbranched alkanes of at least 4 members (excludes halogenated alkanes) is 1. The van der Waals surface area contributed by atoms with E-state index in [4.69, 9.17) is 9.47 Å². The van der Waals surface area contributed by atoms with E-state index in [0.29, 0.717) is 31.5 Å². The summed E-state index contributed by atoms with van der Waals surface area (Å²) >= 11 is 0. The molecule has 1 saturated heterocycles. The van der Waals surface area contributed by atoms with Crippen LogP contribution >= 0.6 is 0 Å². The van der Waals surface area contributed by atoms with E-state index in [9.17, 15) is 4.79 Å².